The Morgan fingerprint density at radius 1 is 1.27 bits per heavy atom. The molecule has 1 N–H and O–H groups in total. The van der Waals surface area contributed by atoms with Crippen molar-refractivity contribution in [2.75, 3.05) is 17.1 Å². The van der Waals surface area contributed by atoms with Crippen LogP contribution in [0, 0.1) is 0 Å². The molecule has 1 unspecified atom stereocenters. The number of sulfonamides is 1. The molecule has 1 heterocycles. The van der Waals surface area contributed by atoms with Gasteiger partial charge in [-0.2, -0.15) is 0 Å². The largest absolute Gasteiger partial charge is 0.476 e. The Balaban J connectivity index is 1.80. The number of hydrogen-bond donors (Lipinski definition) is 1. The fourth-order valence-electron chi connectivity index (χ4n) is 2.61. The Hall–Kier alpha value is -1.96. The van der Waals surface area contributed by atoms with Gasteiger partial charge in [0.2, 0.25) is 10.0 Å². The van der Waals surface area contributed by atoms with Gasteiger partial charge in [0.15, 0.2) is 6.10 Å². The third-order valence-corrected chi connectivity index (χ3v) is 5.64. The molecule has 1 aliphatic rings. The van der Waals surface area contributed by atoms with E-state index in [1.165, 1.54) is 6.07 Å². The molecule has 0 radical (unpaired) electrons. The van der Waals surface area contributed by atoms with Crippen molar-refractivity contribution < 1.29 is 17.9 Å². The average Bonchev–Trinajstić information content (AvgIpc) is 2.59. The zero-order valence-electron chi connectivity index (χ0n) is 13.8. The van der Waals surface area contributed by atoms with E-state index >= 15 is 0 Å². The zero-order chi connectivity index (χ0) is 18.9. The predicted octanol–water partition coefficient (Wildman–Crippen LogP) is 2.84. The molecule has 0 aliphatic carbocycles. The topological polar surface area (TPSA) is 75.7 Å². The van der Waals surface area contributed by atoms with Gasteiger partial charge in [-0.15, -0.1) is 0 Å². The summed E-state index contributed by atoms with van der Waals surface area (Å²) in [5, 5.41) is 3.64. The van der Waals surface area contributed by atoms with Crippen LogP contribution in [0.3, 0.4) is 0 Å². The minimum Gasteiger partial charge on any atom is -0.476 e. The van der Waals surface area contributed by atoms with Crippen molar-refractivity contribution in [1.29, 1.82) is 0 Å². The van der Waals surface area contributed by atoms with Crippen LogP contribution in [0.4, 0.5) is 5.69 Å². The number of amides is 1. The molecule has 0 saturated heterocycles. The van der Waals surface area contributed by atoms with Crippen LogP contribution >= 0.6 is 23.2 Å². The number of hydrogen-bond acceptors (Lipinski definition) is 4. The second-order valence-electron chi connectivity index (χ2n) is 5.82. The highest BCUT2D eigenvalue weighted by atomic mass is 35.5. The molecule has 0 aromatic heterocycles. The van der Waals surface area contributed by atoms with Gasteiger partial charge in [-0.1, -0.05) is 41.4 Å². The van der Waals surface area contributed by atoms with E-state index in [0.717, 1.165) is 16.1 Å². The van der Waals surface area contributed by atoms with Gasteiger partial charge in [-0.05, 0) is 29.8 Å². The van der Waals surface area contributed by atoms with Crippen LogP contribution in [-0.4, -0.2) is 33.2 Å². The van der Waals surface area contributed by atoms with Crippen molar-refractivity contribution in [3.8, 4) is 5.75 Å². The van der Waals surface area contributed by atoms with Crippen molar-refractivity contribution in [3.05, 3.63) is 58.1 Å². The van der Waals surface area contributed by atoms with Gasteiger partial charge < -0.3 is 10.1 Å². The lowest BCUT2D eigenvalue weighted by Gasteiger charge is -2.34. The maximum absolute atomic E-state index is 12.5. The molecule has 2 aromatic rings. The first-order valence-corrected chi connectivity index (χ1v) is 10.3. The Morgan fingerprint density at radius 3 is 2.69 bits per heavy atom. The molecule has 9 heteroatoms. The van der Waals surface area contributed by atoms with Crippen LogP contribution in [0.25, 0.3) is 0 Å². The number of carbonyl (C=O) groups excluding carboxylic acids is 1. The van der Waals surface area contributed by atoms with Crippen LogP contribution < -0.4 is 14.4 Å². The highest BCUT2D eigenvalue weighted by Crippen LogP contribution is 2.37. The first kappa shape index (κ1) is 18.8. The lowest BCUT2D eigenvalue weighted by molar-refractivity contribution is -0.127. The normalized spacial score (nSPS) is 16.6. The summed E-state index contributed by atoms with van der Waals surface area (Å²) >= 11 is 12.0. The third-order valence-electron chi connectivity index (χ3n) is 3.89. The minimum absolute atomic E-state index is 0.138. The first-order chi connectivity index (χ1) is 12.3. The quantitative estimate of drug-likeness (QED) is 0.834. The molecular formula is C17H16Cl2N2O4S. The maximum atomic E-state index is 12.5. The Bertz CT molecular complexity index is 950. The van der Waals surface area contributed by atoms with Crippen LogP contribution in [-0.2, 0) is 21.4 Å². The molecular weight excluding hydrogens is 399 g/mol. The Morgan fingerprint density at radius 2 is 2.00 bits per heavy atom. The molecule has 3 rings (SSSR count). The van der Waals surface area contributed by atoms with E-state index in [2.05, 4.69) is 5.32 Å². The second-order valence-corrected chi connectivity index (χ2v) is 8.57. The van der Waals surface area contributed by atoms with Crippen molar-refractivity contribution in [1.82, 2.24) is 5.32 Å². The summed E-state index contributed by atoms with van der Waals surface area (Å²) in [5.41, 5.74) is 1.07. The molecule has 1 atom stereocenters. The van der Waals surface area contributed by atoms with E-state index in [4.69, 9.17) is 27.9 Å². The van der Waals surface area contributed by atoms with Crippen LogP contribution in [0.2, 0.25) is 10.0 Å². The lowest BCUT2D eigenvalue weighted by Crippen LogP contribution is -2.50. The number of fused-ring (bicyclic) bond motifs is 1. The number of nitrogens with one attached hydrogen (secondary N) is 1. The van der Waals surface area contributed by atoms with E-state index in [0.29, 0.717) is 15.7 Å². The lowest BCUT2D eigenvalue weighted by atomic mass is 10.2. The summed E-state index contributed by atoms with van der Waals surface area (Å²) in [5.74, 6) is -0.150. The monoisotopic (exact) mass is 414 g/mol. The SMILES string of the molecule is CS(=O)(=O)N1CC(C(=O)NCc2ccccc2Cl)Oc2ccc(Cl)cc21. The maximum Gasteiger partial charge on any atom is 0.263 e. The number of ether oxygens (including phenoxy) is 1. The first-order valence-electron chi connectivity index (χ1n) is 7.71. The average molecular weight is 415 g/mol. The van der Waals surface area contributed by atoms with E-state index < -0.39 is 22.0 Å². The third kappa shape index (κ3) is 4.06. The van der Waals surface area contributed by atoms with Gasteiger partial charge in [-0.3, -0.25) is 9.10 Å². The number of rotatable bonds is 4. The van der Waals surface area contributed by atoms with Gasteiger partial charge in [0.05, 0.1) is 18.5 Å². The number of anilines is 1. The van der Waals surface area contributed by atoms with E-state index in [1.54, 1.807) is 30.3 Å². The van der Waals surface area contributed by atoms with Gasteiger partial charge in [0.1, 0.15) is 5.75 Å². The highest BCUT2D eigenvalue weighted by molar-refractivity contribution is 7.92. The van der Waals surface area contributed by atoms with Gasteiger partial charge in [-0.25, -0.2) is 8.42 Å². The zero-order valence-corrected chi connectivity index (χ0v) is 16.1. The van der Waals surface area contributed by atoms with Crippen LogP contribution in [0.5, 0.6) is 5.75 Å². The summed E-state index contributed by atoms with van der Waals surface area (Å²) in [6, 6.07) is 11.7. The molecule has 0 saturated carbocycles. The molecule has 0 bridgehead atoms. The molecule has 2 aromatic carbocycles. The second kappa shape index (κ2) is 7.34. The summed E-state index contributed by atoms with van der Waals surface area (Å²) in [7, 11) is -3.60. The van der Waals surface area contributed by atoms with Crippen LogP contribution in [0.15, 0.2) is 42.5 Å². The minimum atomic E-state index is -3.60. The molecule has 6 nitrogen and oxygen atoms in total. The molecule has 0 fully saturated rings. The summed E-state index contributed by atoms with van der Waals surface area (Å²) in [4.78, 5) is 12.5. The van der Waals surface area contributed by atoms with Gasteiger partial charge in [0.25, 0.3) is 5.91 Å². The van der Waals surface area contributed by atoms with Gasteiger partial charge in [0, 0.05) is 16.6 Å². The van der Waals surface area contributed by atoms with Gasteiger partial charge >= 0.3 is 0 Å². The summed E-state index contributed by atoms with van der Waals surface area (Å²) in [6.07, 6.45) is 0.0859. The van der Waals surface area contributed by atoms with Crippen molar-refractivity contribution in [3.63, 3.8) is 0 Å². The molecule has 138 valence electrons. The molecule has 1 amide bonds. The molecule has 1 aliphatic heterocycles. The predicted molar refractivity (Wildman–Crippen MR) is 101 cm³/mol. The van der Waals surface area contributed by atoms with E-state index in [9.17, 15) is 13.2 Å². The van der Waals surface area contributed by atoms with E-state index in [1.807, 2.05) is 6.07 Å². The Kier molecular flexibility index (Phi) is 5.32. The number of nitrogens with zero attached hydrogens (tertiary/aromatic N) is 1. The molecule has 0 spiro atoms. The fourth-order valence-corrected chi connectivity index (χ4v) is 3.89. The number of carbonyl (C=O) groups is 1. The van der Waals surface area contributed by atoms with E-state index in [-0.39, 0.29) is 18.8 Å². The Labute approximate surface area is 161 Å². The standard InChI is InChI=1S/C17H16Cl2N2O4S/c1-26(23,24)21-10-16(25-15-7-6-12(18)8-14(15)21)17(22)20-9-11-4-2-3-5-13(11)19/h2-8,16H,9-10H2,1H3,(H,20,22). The molecule has 26 heavy (non-hydrogen) atoms. The fraction of sp³-hybridized carbons (Fsp3) is 0.235. The number of benzene rings is 2. The van der Waals surface area contributed by atoms with Crippen LogP contribution in [0.1, 0.15) is 5.56 Å². The summed E-state index contributed by atoms with van der Waals surface area (Å²) in [6.45, 7) is 0.0747. The van der Waals surface area contributed by atoms with Crippen molar-refractivity contribution >= 4 is 44.8 Å². The smallest absolute Gasteiger partial charge is 0.263 e. The van der Waals surface area contributed by atoms with Crippen molar-refractivity contribution in [2.45, 2.75) is 12.6 Å². The van der Waals surface area contributed by atoms with Crippen molar-refractivity contribution in [2.24, 2.45) is 0 Å². The number of halogens is 2. The summed E-state index contributed by atoms with van der Waals surface area (Å²) < 4.78 is 31.1. The highest BCUT2D eigenvalue weighted by Gasteiger charge is 2.35.